The molecular formula is C17H26N2O7. The fourth-order valence-corrected chi connectivity index (χ4v) is 2.41. The lowest BCUT2D eigenvalue weighted by molar-refractivity contribution is -0.159. The molecule has 2 rings (SSSR count). The minimum atomic E-state index is -1.43. The zero-order chi connectivity index (χ0) is 19.5. The molecule has 1 saturated heterocycles. The number of methoxy groups -OCH3 is 1. The third kappa shape index (κ3) is 6.95. The van der Waals surface area contributed by atoms with E-state index in [1.165, 1.54) is 0 Å². The summed E-state index contributed by atoms with van der Waals surface area (Å²) in [5.74, 6) is -1.30. The summed E-state index contributed by atoms with van der Waals surface area (Å²) >= 11 is 0. The summed E-state index contributed by atoms with van der Waals surface area (Å²) in [5, 5.41) is 9.31. The van der Waals surface area contributed by atoms with Crippen molar-refractivity contribution in [2.75, 3.05) is 20.8 Å². The fraction of sp³-hybridized carbons (Fsp3) is 0.588. The summed E-state index contributed by atoms with van der Waals surface area (Å²) in [6, 6.07) is 0. The molecule has 0 aliphatic carbocycles. The van der Waals surface area contributed by atoms with Gasteiger partial charge in [0.25, 0.3) is 0 Å². The van der Waals surface area contributed by atoms with Gasteiger partial charge in [0.15, 0.2) is 6.10 Å². The first kappa shape index (κ1) is 21.8. The highest BCUT2D eigenvalue weighted by molar-refractivity contribution is 5.92. The van der Waals surface area contributed by atoms with E-state index in [0.717, 1.165) is 0 Å². The molecule has 2 aliphatic rings. The summed E-state index contributed by atoms with van der Waals surface area (Å²) in [6.45, 7) is 0.00912. The summed E-state index contributed by atoms with van der Waals surface area (Å²) in [4.78, 5) is 34.6. The number of amides is 1. The molecule has 0 aromatic heterocycles. The van der Waals surface area contributed by atoms with Gasteiger partial charge in [-0.25, -0.2) is 4.79 Å². The molecule has 0 radical (unpaired) electrons. The molecule has 2 aliphatic heterocycles. The number of hydrogen-bond donors (Lipinski definition) is 2. The van der Waals surface area contributed by atoms with Crippen LogP contribution in [-0.4, -0.2) is 67.4 Å². The minimum Gasteiger partial charge on any atom is -0.461 e. The number of esters is 1. The first-order valence-electron chi connectivity index (χ1n) is 8.21. The van der Waals surface area contributed by atoms with Gasteiger partial charge in [-0.15, -0.1) is 0 Å². The number of carbonyl (C=O) groups is 3. The molecule has 0 spiro atoms. The SMILES string of the molecule is COC.NC(=O)C1=CN(C2CCC(COC(=O)C(O)CC=O)O2)C=CC1. The zero-order valence-electron chi connectivity index (χ0n) is 15.0. The molecule has 1 amide bonds. The molecule has 1 fully saturated rings. The predicted molar refractivity (Wildman–Crippen MR) is 91.3 cm³/mol. The van der Waals surface area contributed by atoms with Crippen molar-refractivity contribution < 1.29 is 33.7 Å². The monoisotopic (exact) mass is 370 g/mol. The molecule has 9 nitrogen and oxygen atoms in total. The largest absolute Gasteiger partial charge is 0.461 e. The summed E-state index contributed by atoms with van der Waals surface area (Å²) in [7, 11) is 3.25. The van der Waals surface area contributed by atoms with Crippen molar-refractivity contribution in [3.05, 3.63) is 24.0 Å². The van der Waals surface area contributed by atoms with E-state index in [0.29, 0.717) is 31.1 Å². The Labute approximate surface area is 152 Å². The van der Waals surface area contributed by atoms with E-state index in [2.05, 4.69) is 4.74 Å². The van der Waals surface area contributed by atoms with E-state index < -0.39 is 18.0 Å². The Morgan fingerprint density at radius 1 is 1.46 bits per heavy atom. The van der Waals surface area contributed by atoms with Crippen LogP contribution in [0.4, 0.5) is 0 Å². The highest BCUT2D eigenvalue weighted by Crippen LogP contribution is 2.26. The Hall–Kier alpha value is -2.23. The van der Waals surface area contributed by atoms with E-state index in [1.807, 2.05) is 12.3 Å². The van der Waals surface area contributed by atoms with Crippen molar-refractivity contribution >= 4 is 18.2 Å². The molecule has 3 atom stereocenters. The maximum atomic E-state index is 11.4. The number of rotatable bonds is 7. The van der Waals surface area contributed by atoms with Crippen LogP contribution in [0.15, 0.2) is 24.0 Å². The van der Waals surface area contributed by atoms with Gasteiger partial charge in [0.1, 0.15) is 19.1 Å². The van der Waals surface area contributed by atoms with Crippen LogP contribution < -0.4 is 5.73 Å². The molecular weight excluding hydrogens is 344 g/mol. The van der Waals surface area contributed by atoms with Crippen molar-refractivity contribution in [1.82, 2.24) is 4.90 Å². The van der Waals surface area contributed by atoms with Crippen LogP contribution in [0.2, 0.25) is 0 Å². The van der Waals surface area contributed by atoms with Gasteiger partial charge in [0, 0.05) is 38.6 Å². The van der Waals surface area contributed by atoms with Crippen LogP contribution in [0.5, 0.6) is 0 Å². The molecule has 9 heteroatoms. The van der Waals surface area contributed by atoms with Crippen molar-refractivity contribution in [2.24, 2.45) is 5.73 Å². The second-order valence-electron chi connectivity index (χ2n) is 5.80. The summed E-state index contributed by atoms with van der Waals surface area (Å²) in [6.07, 6.45) is 5.35. The molecule has 0 aromatic carbocycles. The van der Waals surface area contributed by atoms with E-state index in [9.17, 15) is 19.5 Å². The maximum Gasteiger partial charge on any atom is 0.335 e. The van der Waals surface area contributed by atoms with E-state index in [1.54, 1.807) is 25.3 Å². The number of carbonyl (C=O) groups excluding carboxylic acids is 3. The number of allylic oxidation sites excluding steroid dienone is 1. The number of aliphatic hydroxyl groups excluding tert-OH is 1. The second kappa shape index (κ2) is 11.4. The lowest BCUT2D eigenvalue weighted by atomic mass is 10.1. The van der Waals surface area contributed by atoms with Gasteiger partial charge in [0.2, 0.25) is 5.91 Å². The Kier molecular flexibility index (Phi) is 9.56. The number of nitrogens with zero attached hydrogens (tertiary/aromatic N) is 1. The van der Waals surface area contributed by atoms with Crippen LogP contribution in [0, 0.1) is 0 Å². The zero-order valence-corrected chi connectivity index (χ0v) is 15.0. The standard InChI is InChI=1S/C15H20N2O6.C2H6O/c16-14(20)10-2-1-6-17(8-10)13-4-3-11(23-13)9-22-15(21)12(19)5-7-18;1-3-2/h1,6-8,11-13,19H,2-5,9H2,(H2,16,20);1-2H3. The van der Waals surface area contributed by atoms with Crippen molar-refractivity contribution in [1.29, 1.82) is 0 Å². The Bertz CT molecular complexity index is 547. The Morgan fingerprint density at radius 2 is 2.15 bits per heavy atom. The third-order valence-electron chi connectivity index (χ3n) is 3.66. The Morgan fingerprint density at radius 3 is 2.77 bits per heavy atom. The van der Waals surface area contributed by atoms with Crippen molar-refractivity contribution in [2.45, 2.75) is 44.1 Å². The van der Waals surface area contributed by atoms with E-state index in [-0.39, 0.29) is 25.4 Å². The summed E-state index contributed by atoms with van der Waals surface area (Å²) < 4.78 is 15.0. The second-order valence-corrected chi connectivity index (χ2v) is 5.80. The average Bonchev–Trinajstić information content (AvgIpc) is 3.09. The van der Waals surface area contributed by atoms with Gasteiger partial charge in [-0.2, -0.15) is 0 Å². The number of aldehydes is 1. The molecule has 3 N–H and O–H groups in total. The van der Waals surface area contributed by atoms with E-state index in [4.69, 9.17) is 15.2 Å². The minimum absolute atomic E-state index is 0.00912. The normalized spacial score (nSPS) is 22.7. The first-order valence-corrected chi connectivity index (χ1v) is 8.21. The molecule has 0 aromatic rings. The van der Waals surface area contributed by atoms with Gasteiger partial charge in [-0.05, 0) is 19.3 Å². The van der Waals surface area contributed by atoms with Crippen molar-refractivity contribution in [3.8, 4) is 0 Å². The molecule has 0 bridgehead atoms. The van der Waals surface area contributed by atoms with Crippen LogP contribution in [-0.2, 0) is 28.6 Å². The topological polar surface area (TPSA) is 128 Å². The lowest BCUT2D eigenvalue weighted by Crippen LogP contribution is -2.31. The molecule has 26 heavy (non-hydrogen) atoms. The van der Waals surface area contributed by atoms with Gasteiger partial charge < -0.3 is 34.7 Å². The van der Waals surface area contributed by atoms with Gasteiger partial charge in [-0.1, -0.05) is 6.08 Å². The molecule has 3 unspecified atom stereocenters. The highest BCUT2D eigenvalue weighted by atomic mass is 16.6. The van der Waals surface area contributed by atoms with Crippen LogP contribution >= 0.6 is 0 Å². The van der Waals surface area contributed by atoms with E-state index >= 15 is 0 Å². The number of primary amides is 1. The number of ether oxygens (including phenoxy) is 3. The van der Waals surface area contributed by atoms with Crippen LogP contribution in [0.25, 0.3) is 0 Å². The highest BCUT2D eigenvalue weighted by Gasteiger charge is 2.30. The molecule has 0 saturated carbocycles. The fourth-order valence-electron chi connectivity index (χ4n) is 2.41. The third-order valence-corrected chi connectivity index (χ3v) is 3.66. The quantitative estimate of drug-likeness (QED) is 0.467. The number of hydrogen-bond acceptors (Lipinski definition) is 8. The average molecular weight is 370 g/mol. The van der Waals surface area contributed by atoms with Crippen molar-refractivity contribution in [3.63, 3.8) is 0 Å². The summed E-state index contributed by atoms with van der Waals surface area (Å²) in [5.41, 5.74) is 5.78. The first-order chi connectivity index (χ1) is 12.4. The van der Waals surface area contributed by atoms with Gasteiger partial charge in [0.05, 0.1) is 6.10 Å². The molecule has 146 valence electrons. The number of nitrogens with two attached hydrogens (primary N) is 1. The lowest BCUT2D eigenvalue weighted by Gasteiger charge is -2.27. The van der Waals surface area contributed by atoms with Gasteiger partial charge in [-0.3, -0.25) is 4.79 Å². The van der Waals surface area contributed by atoms with Crippen LogP contribution in [0.1, 0.15) is 25.7 Å². The smallest absolute Gasteiger partial charge is 0.335 e. The maximum absolute atomic E-state index is 11.4. The van der Waals surface area contributed by atoms with Crippen LogP contribution in [0.3, 0.4) is 0 Å². The molecule has 2 heterocycles. The van der Waals surface area contributed by atoms with Gasteiger partial charge >= 0.3 is 5.97 Å². The predicted octanol–water partition coefficient (Wildman–Crippen LogP) is -0.164. The number of aliphatic hydroxyl groups is 1. The Balaban J connectivity index is 0.00000105.